The van der Waals surface area contributed by atoms with Crippen LogP contribution < -0.4 is 0 Å². The predicted octanol–water partition coefficient (Wildman–Crippen LogP) is 1.29. The average molecular weight is 237 g/mol. The van der Waals surface area contributed by atoms with Crippen molar-refractivity contribution < 1.29 is 19.1 Å². The van der Waals surface area contributed by atoms with Crippen LogP contribution in [0.15, 0.2) is 18.2 Å². The van der Waals surface area contributed by atoms with Gasteiger partial charge < -0.3 is 10.0 Å². The van der Waals surface area contributed by atoms with Gasteiger partial charge in [-0.1, -0.05) is 6.07 Å². The van der Waals surface area contributed by atoms with E-state index in [1.165, 1.54) is 17.0 Å². The minimum atomic E-state index is -0.918. The van der Waals surface area contributed by atoms with Gasteiger partial charge >= 0.3 is 5.97 Å². The molecule has 0 radical (unpaired) electrons. The lowest BCUT2D eigenvalue weighted by molar-refractivity contribution is -0.146. The van der Waals surface area contributed by atoms with Gasteiger partial charge in [0.1, 0.15) is 5.82 Å². The summed E-state index contributed by atoms with van der Waals surface area (Å²) in [7, 11) is 0. The summed E-state index contributed by atoms with van der Waals surface area (Å²) in [5.74, 6) is -2.44. The van der Waals surface area contributed by atoms with Gasteiger partial charge in [-0.3, -0.25) is 9.59 Å². The molecule has 0 saturated carbocycles. The lowest BCUT2D eigenvalue weighted by Crippen LogP contribution is -2.53. The van der Waals surface area contributed by atoms with Gasteiger partial charge in [0.05, 0.1) is 11.5 Å². The van der Waals surface area contributed by atoms with Gasteiger partial charge in [0.25, 0.3) is 5.91 Å². The van der Waals surface area contributed by atoms with E-state index in [2.05, 4.69) is 0 Å². The number of aryl methyl sites for hydroxylation is 1. The summed E-state index contributed by atoms with van der Waals surface area (Å²) < 4.78 is 13.5. The topological polar surface area (TPSA) is 57.6 Å². The molecule has 2 rings (SSSR count). The minimum absolute atomic E-state index is 0.000520. The fraction of sp³-hybridized carbons (Fsp3) is 0.333. The number of carbonyl (C=O) groups is 2. The normalized spacial score (nSPS) is 15.5. The van der Waals surface area contributed by atoms with Crippen molar-refractivity contribution >= 4 is 11.9 Å². The SMILES string of the molecule is Cc1ccc(C(=O)N2CC(C(=O)O)C2)c(F)c1. The summed E-state index contributed by atoms with van der Waals surface area (Å²) in [6.07, 6.45) is 0. The Kier molecular flexibility index (Phi) is 2.83. The number of carboxylic acids is 1. The Morgan fingerprint density at radius 2 is 2.06 bits per heavy atom. The van der Waals surface area contributed by atoms with Gasteiger partial charge in [0.15, 0.2) is 0 Å². The van der Waals surface area contributed by atoms with Crippen LogP contribution in [0.1, 0.15) is 15.9 Å². The quantitative estimate of drug-likeness (QED) is 0.843. The van der Waals surface area contributed by atoms with E-state index in [4.69, 9.17) is 5.11 Å². The maximum absolute atomic E-state index is 13.5. The molecule has 1 aliphatic heterocycles. The standard InChI is InChI=1S/C12H12FNO3/c1-7-2-3-9(10(13)4-7)11(15)14-5-8(6-14)12(16)17/h2-4,8H,5-6H2,1H3,(H,16,17). The molecule has 0 aliphatic carbocycles. The molecule has 1 aromatic carbocycles. The number of carboxylic acid groups (broad SMARTS) is 1. The fourth-order valence-electron chi connectivity index (χ4n) is 1.76. The molecule has 1 N–H and O–H groups in total. The summed E-state index contributed by atoms with van der Waals surface area (Å²) in [6, 6.07) is 4.38. The van der Waals surface area contributed by atoms with Crippen LogP contribution in [0.25, 0.3) is 0 Å². The van der Waals surface area contributed by atoms with Crippen LogP contribution in [0.4, 0.5) is 4.39 Å². The second kappa shape index (κ2) is 4.16. The molecule has 90 valence electrons. The van der Waals surface area contributed by atoms with Crippen LogP contribution in [-0.2, 0) is 4.79 Å². The molecule has 0 spiro atoms. The monoisotopic (exact) mass is 237 g/mol. The predicted molar refractivity (Wildman–Crippen MR) is 58.2 cm³/mol. The molecule has 1 amide bonds. The van der Waals surface area contributed by atoms with Crippen LogP contribution in [0.5, 0.6) is 0 Å². The second-order valence-electron chi connectivity index (χ2n) is 4.23. The largest absolute Gasteiger partial charge is 0.481 e. The smallest absolute Gasteiger partial charge is 0.310 e. The number of halogens is 1. The molecule has 1 heterocycles. The number of hydrogen-bond donors (Lipinski definition) is 1. The summed E-state index contributed by atoms with van der Waals surface area (Å²) >= 11 is 0. The lowest BCUT2D eigenvalue weighted by Gasteiger charge is -2.36. The summed E-state index contributed by atoms with van der Waals surface area (Å²) in [6.45, 7) is 2.05. The molecule has 0 bridgehead atoms. The molecule has 17 heavy (non-hydrogen) atoms. The fourth-order valence-corrected chi connectivity index (χ4v) is 1.76. The number of carbonyl (C=O) groups excluding carboxylic acids is 1. The van der Waals surface area contributed by atoms with Crippen LogP contribution >= 0.6 is 0 Å². The zero-order valence-electron chi connectivity index (χ0n) is 9.31. The molecular weight excluding hydrogens is 225 g/mol. The molecule has 0 aromatic heterocycles. The van der Waals surface area contributed by atoms with E-state index in [9.17, 15) is 14.0 Å². The van der Waals surface area contributed by atoms with Crippen molar-refractivity contribution in [2.75, 3.05) is 13.1 Å². The Morgan fingerprint density at radius 1 is 1.41 bits per heavy atom. The highest BCUT2D eigenvalue weighted by Gasteiger charge is 2.36. The number of nitrogens with zero attached hydrogens (tertiary/aromatic N) is 1. The summed E-state index contributed by atoms with van der Waals surface area (Å²) in [5, 5.41) is 8.68. The molecule has 0 atom stereocenters. The number of hydrogen-bond acceptors (Lipinski definition) is 2. The molecule has 4 nitrogen and oxygen atoms in total. The first-order valence-corrected chi connectivity index (χ1v) is 5.27. The minimum Gasteiger partial charge on any atom is -0.481 e. The Hall–Kier alpha value is -1.91. The van der Waals surface area contributed by atoms with Gasteiger partial charge in [-0.05, 0) is 24.6 Å². The third-order valence-corrected chi connectivity index (χ3v) is 2.87. The first-order valence-electron chi connectivity index (χ1n) is 5.27. The van der Waals surface area contributed by atoms with Gasteiger partial charge in [-0.25, -0.2) is 4.39 Å². The van der Waals surface area contributed by atoms with Crippen LogP contribution in [0, 0.1) is 18.7 Å². The zero-order chi connectivity index (χ0) is 12.6. The molecule has 0 unspecified atom stereocenters. The molecule has 5 heteroatoms. The molecule has 1 fully saturated rings. The maximum Gasteiger partial charge on any atom is 0.310 e. The van der Waals surface area contributed by atoms with Crippen molar-refractivity contribution in [1.82, 2.24) is 4.90 Å². The van der Waals surface area contributed by atoms with E-state index in [-0.39, 0.29) is 18.7 Å². The van der Waals surface area contributed by atoms with E-state index < -0.39 is 23.6 Å². The zero-order valence-corrected chi connectivity index (χ0v) is 9.31. The number of benzene rings is 1. The third kappa shape index (κ3) is 2.13. The average Bonchev–Trinajstić information content (AvgIpc) is 2.13. The Labute approximate surface area is 97.7 Å². The summed E-state index contributed by atoms with van der Waals surface area (Å²) in [5.41, 5.74) is 0.741. The highest BCUT2D eigenvalue weighted by molar-refractivity contribution is 5.95. The number of likely N-dealkylation sites (tertiary alicyclic amines) is 1. The van der Waals surface area contributed by atoms with Crippen molar-refractivity contribution in [2.24, 2.45) is 5.92 Å². The van der Waals surface area contributed by atoms with E-state index in [1.807, 2.05) is 0 Å². The van der Waals surface area contributed by atoms with Crippen molar-refractivity contribution in [3.63, 3.8) is 0 Å². The molecule has 1 aliphatic rings. The first kappa shape index (κ1) is 11.6. The maximum atomic E-state index is 13.5. The number of amides is 1. The highest BCUT2D eigenvalue weighted by Crippen LogP contribution is 2.20. The van der Waals surface area contributed by atoms with Crippen LogP contribution in [0.2, 0.25) is 0 Å². The second-order valence-corrected chi connectivity index (χ2v) is 4.23. The van der Waals surface area contributed by atoms with Gasteiger partial charge in [0, 0.05) is 13.1 Å². The van der Waals surface area contributed by atoms with Crippen molar-refractivity contribution in [3.05, 3.63) is 35.1 Å². The van der Waals surface area contributed by atoms with E-state index in [1.54, 1.807) is 13.0 Å². The van der Waals surface area contributed by atoms with E-state index in [0.29, 0.717) is 0 Å². The van der Waals surface area contributed by atoms with Crippen molar-refractivity contribution in [2.45, 2.75) is 6.92 Å². The Morgan fingerprint density at radius 3 is 2.59 bits per heavy atom. The number of aliphatic carboxylic acids is 1. The van der Waals surface area contributed by atoms with Crippen molar-refractivity contribution in [3.8, 4) is 0 Å². The van der Waals surface area contributed by atoms with Gasteiger partial charge in [-0.15, -0.1) is 0 Å². The van der Waals surface area contributed by atoms with Gasteiger partial charge in [-0.2, -0.15) is 0 Å². The van der Waals surface area contributed by atoms with Crippen molar-refractivity contribution in [1.29, 1.82) is 0 Å². The highest BCUT2D eigenvalue weighted by atomic mass is 19.1. The van der Waals surface area contributed by atoms with Crippen LogP contribution in [0.3, 0.4) is 0 Å². The third-order valence-electron chi connectivity index (χ3n) is 2.87. The Balaban J connectivity index is 2.09. The van der Waals surface area contributed by atoms with E-state index in [0.717, 1.165) is 5.56 Å². The van der Waals surface area contributed by atoms with E-state index >= 15 is 0 Å². The number of rotatable bonds is 2. The first-order chi connectivity index (χ1) is 7.99. The molecular formula is C12H12FNO3. The molecule has 1 saturated heterocycles. The molecule has 1 aromatic rings. The summed E-state index contributed by atoms with van der Waals surface area (Å²) in [4.78, 5) is 23.7. The lowest BCUT2D eigenvalue weighted by atomic mass is 9.99. The Bertz CT molecular complexity index is 481. The van der Waals surface area contributed by atoms with Gasteiger partial charge in [0.2, 0.25) is 0 Å². The van der Waals surface area contributed by atoms with Crippen LogP contribution in [-0.4, -0.2) is 35.0 Å².